The van der Waals surface area contributed by atoms with Crippen molar-refractivity contribution in [2.24, 2.45) is 0 Å². The van der Waals surface area contributed by atoms with Gasteiger partial charge in [0.2, 0.25) is 0 Å². The summed E-state index contributed by atoms with van der Waals surface area (Å²) in [5.74, 6) is 0.777. The minimum atomic E-state index is -1.08. The van der Waals surface area contributed by atoms with Crippen molar-refractivity contribution in [3.63, 3.8) is 0 Å². The van der Waals surface area contributed by atoms with Crippen molar-refractivity contribution in [3.05, 3.63) is 70.7 Å². The Balaban J connectivity index is 1.87. The van der Waals surface area contributed by atoms with Crippen molar-refractivity contribution in [2.75, 3.05) is 5.75 Å². The highest BCUT2D eigenvalue weighted by molar-refractivity contribution is 7.84. The Labute approximate surface area is 126 Å². The van der Waals surface area contributed by atoms with E-state index in [1.807, 2.05) is 36.4 Å². The molecule has 0 amide bonds. The molecule has 0 aromatic heterocycles. The molecule has 0 radical (unpaired) electrons. The van der Waals surface area contributed by atoms with E-state index in [1.54, 1.807) is 18.2 Å². The number of hydrogen-bond donors (Lipinski definition) is 0. The molecular weight excluding hydrogens is 292 g/mol. The molecule has 0 aliphatic carbocycles. The Hall–Kier alpha value is -1.45. The summed E-state index contributed by atoms with van der Waals surface area (Å²) in [5.41, 5.74) is 1.53. The first-order valence-electron chi connectivity index (χ1n) is 6.33. The van der Waals surface area contributed by atoms with Crippen molar-refractivity contribution < 1.29 is 9.00 Å². The average molecular weight is 307 g/mol. The van der Waals surface area contributed by atoms with Crippen LogP contribution in [0.5, 0.6) is 0 Å². The Morgan fingerprint density at radius 3 is 2.35 bits per heavy atom. The molecular formula is C16H15ClO2S. The molecule has 2 aromatic rings. The maximum absolute atomic E-state index is 12.0. The van der Waals surface area contributed by atoms with Crippen molar-refractivity contribution in [3.8, 4) is 0 Å². The maximum atomic E-state index is 12.0. The van der Waals surface area contributed by atoms with Gasteiger partial charge in [-0.1, -0.05) is 60.1 Å². The van der Waals surface area contributed by atoms with E-state index in [9.17, 15) is 9.00 Å². The first-order valence-corrected chi connectivity index (χ1v) is 8.20. The second-order valence-corrected chi connectivity index (χ2v) is 6.40. The zero-order valence-electron chi connectivity index (χ0n) is 10.9. The Kier molecular flexibility index (Phi) is 5.50. The predicted molar refractivity (Wildman–Crippen MR) is 83.6 cm³/mol. The molecule has 1 unspecified atom stereocenters. The fraction of sp³-hybridized carbons (Fsp3) is 0.188. The predicted octanol–water partition coefficient (Wildman–Crippen LogP) is 3.86. The van der Waals surface area contributed by atoms with Gasteiger partial charge in [0, 0.05) is 33.6 Å². The molecule has 0 N–H and O–H groups in total. The van der Waals surface area contributed by atoms with Gasteiger partial charge in [-0.2, -0.15) is 0 Å². The second kappa shape index (κ2) is 7.36. The number of Topliss-reactive ketones (excluding diaryl/α,β-unsaturated/α-hetero) is 1. The van der Waals surface area contributed by atoms with Gasteiger partial charge in [-0.05, 0) is 11.6 Å². The highest BCUT2D eigenvalue weighted by Gasteiger charge is 2.09. The highest BCUT2D eigenvalue weighted by Crippen LogP contribution is 2.17. The number of halogens is 1. The van der Waals surface area contributed by atoms with E-state index in [2.05, 4.69) is 0 Å². The summed E-state index contributed by atoms with van der Waals surface area (Å²) in [6.07, 6.45) is 0.293. The van der Waals surface area contributed by atoms with Gasteiger partial charge in [-0.3, -0.25) is 9.00 Å². The van der Waals surface area contributed by atoms with Crippen LogP contribution >= 0.6 is 11.6 Å². The van der Waals surface area contributed by atoms with Crippen LogP contribution in [0.4, 0.5) is 0 Å². The van der Waals surface area contributed by atoms with E-state index in [1.165, 1.54) is 0 Å². The highest BCUT2D eigenvalue weighted by atomic mass is 35.5. The molecule has 4 heteroatoms. The Morgan fingerprint density at radius 1 is 1.00 bits per heavy atom. The molecule has 2 aromatic carbocycles. The zero-order chi connectivity index (χ0) is 14.4. The first kappa shape index (κ1) is 14.9. The smallest absolute Gasteiger partial charge is 0.163 e. The third-order valence-corrected chi connectivity index (χ3v) is 4.59. The Morgan fingerprint density at radius 2 is 1.65 bits per heavy atom. The van der Waals surface area contributed by atoms with E-state index in [4.69, 9.17) is 11.6 Å². The lowest BCUT2D eigenvalue weighted by atomic mass is 10.1. The quantitative estimate of drug-likeness (QED) is 0.759. The van der Waals surface area contributed by atoms with Gasteiger partial charge in [0.25, 0.3) is 0 Å². The molecule has 104 valence electrons. The lowest BCUT2D eigenvalue weighted by Gasteiger charge is -2.04. The molecule has 2 nitrogen and oxygen atoms in total. The van der Waals surface area contributed by atoms with Crippen LogP contribution < -0.4 is 0 Å². The molecule has 20 heavy (non-hydrogen) atoms. The fourth-order valence-corrected chi connectivity index (χ4v) is 3.27. The van der Waals surface area contributed by atoms with Gasteiger partial charge < -0.3 is 0 Å². The monoisotopic (exact) mass is 306 g/mol. The van der Waals surface area contributed by atoms with Gasteiger partial charge in [0.05, 0.1) is 5.75 Å². The van der Waals surface area contributed by atoms with Crippen LogP contribution in [0.25, 0.3) is 0 Å². The number of hydrogen-bond acceptors (Lipinski definition) is 2. The molecule has 0 heterocycles. The fourth-order valence-electron chi connectivity index (χ4n) is 1.84. The molecule has 0 spiro atoms. The van der Waals surface area contributed by atoms with E-state index >= 15 is 0 Å². The molecule has 0 saturated carbocycles. The number of benzene rings is 2. The third kappa shape index (κ3) is 4.29. The molecule has 0 aliphatic heterocycles. The van der Waals surface area contributed by atoms with Crippen molar-refractivity contribution in [2.45, 2.75) is 12.2 Å². The molecule has 0 bridgehead atoms. The molecule has 0 aliphatic rings. The van der Waals surface area contributed by atoms with E-state index in [0.717, 1.165) is 5.56 Å². The molecule has 2 rings (SSSR count). The number of ketones is 1. The van der Waals surface area contributed by atoms with E-state index < -0.39 is 10.8 Å². The summed E-state index contributed by atoms with van der Waals surface area (Å²) in [7, 11) is -1.08. The van der Waals surface area contributed by atoms with Crippen LogP contribution in [0, 0.1) is 0 Å². The molecule has 0 saturated heterocycles. The number of carbonyl (C=O) groups excluding carboxylic acids is 1. The van der Waals surface area contributed by atoms with Crippen LogP contribution in [-0.4, -0.2) is 15.7 Å². The molecule has 0 fully saturated rings. The Bertz CT molecular complexity index is 611. The maximum Gasteiger partial charge on any atom is 0.163 e. The van der Waals surface area contributed by atoms with Crippen LogP contribution in [-0.2, 0) is 16.6 Å². The van der Waals surface area contributed by atoms with Crippen LogP contribution in [0.3, 0.4) is 0 Å². The van der Waals surface area contributed by atoms with E-state index in [-0.39, 0.29) is 5.78 Å². The summed E-state index contributed by atoms with van der Waals surface area (Å²) >= 11 is 6.03. The molecule has 1 atom stereocenters. The lowest BCUT2D eigenvalue weighted by Crippen LogP contribution is -2.08. The second-order valence-electron chi connectivity index (χ2n) is 4.42. The number of rotatable bonds is 6. The van der Waals surface area contributed by atoms with E-state index in [0.29, 0.717) is 28.5 Å². The van der Waals surface area contributed by atoms with Gasteiger partial charge in [-0.15, -0.1) is 0 Å². The van der Waals surface area contributed by atoms with Gasteiger partial charge in [-0.25, -0.2) is 0 Å². The van der Waals surface area contributed by atoms with Crippen molar-refractivity contribution in [1.29, 1.82) is 0 Å². The summed E-state index contributed by atoms with van der Waals surface area (Å²) in [6.45, 7) is 0. The SMILES string of the molecule is O=C(CCS(=O)Cc1ccccc1Cl)c1ccccc1. The standard InChI is InChI=1S/C16H15ClO2S/c17-15-9-5-4-8-14(15)12-20(19)11-10-16(18)13-6-2-1-3-7-13/h1-9H,10-12H2. The third-order valence-electron chi connectivity index (χ3n) is 2.93. The summed E-state index contributed by atoms with van der Waals surface area (Å²) < 4.78 is 12.0. The topological polar surface area (TPSA) is 34.1 Å². The van der Waals surface area contributed by atoms with Gasteiger partial charge in [0.15, 0.2) is 5.78 Å². The van der Waals surface area contributed by atoms with Gasteiger partial charge >= 0.3 is 0 Å². The summed E-state index contributed by atoms with van der Waals surface area (Å²) in [6, 6.07) is 16.4. The van der Waals surface area contributed by atoms with Crippen molar-refractivity contribution in [1.82, 2.24) is 0 Å². The minimum Gasteiger partial charge on any atom is -0.294 e. The number of carbonyl (C=O) groups is 1. The lowest BCUT2D eigenvalue weighted by molar-refractivity contribution is 0.0989. The minimum absolute atomic E-state index is 0.0260. The summed E-state index contributed by atoms with van der Waals surface area (Å²) in [5, 5.41) is 0.621. The first-order chi connectivity index (χ1) is 9.66. The average Bonchev–Trinajstić information content (AvgIpc) is 2.48. The zero-order valence-corrected chi connectivity index (χ0v) is 12.5. The summed E-state index contributed by atoms with van der Waals surface area (Å²) in [4.78, 5) is 11.9. The van der Waals surface area contributed by atoms with Crippen molar-refractivity contribution >= 4 is 28.2 Å². The van der Waals surface area contributed by atoms with Crippen LogP contribution in [0.2, 0.25) is 5.02 Å². The van der Waals surface area contributed by atoms with Crippen LogP contribution in [0.1, 0.15) is 22.3 Å². The normalized spacial score (nSPS) is 12.1. The van der Waals surface area contributed by atoms with Crippen LogP contribution in [0.15, 0.2) is 54.6 Å². The van der Waals surface area contributed by atoms with Gasteiger partial charge in [0.1, 0.15) is 0 Å². The largest absolute Gasteiger partial charge is 0.294 e.